The van der Waals surface area contributed by atoms with Crippen LogP contribution in [0.5, 0.6) is 0 Å². The van der Waals surface area contributed by atoms with Gasteiger partial charge in [0.05, 0.1) is 0 Å². The normalized spacial score (nSPS) is 44.7. The number of benzene rings is 1. The second-order valence-corrected chi connectivity index (χ2v) is 9.06. The zero-order valence-corrected chi connectivity index (χ0v) is 13.7. The molecule has 3 saturated carbocycles. The van der Waals surface area contributed by atoms with Crippen LogP contribution in [0.2, 0.25) is 5.02 Å². The van der Waals surface area contributed by atoms with Crippen LogP contribution >= 0.6 is 11.6 Å². The molecule has 0 aromatic heterocycles. The molecular formula is C19H24ClN. The van der Waals surface area contributed by atoms with Crippen molar-refractivity contribution in [3.05, 3.63) is 34.3 Å². The summed E-state index contributed by atoms with van der Waals surface area (Å²) in [5.74, 6) is 4.09. The summed E-state index contributed by atoms with van der Waals surface area (Å²) in [7, 11) is 0. The highest BCUT2D eigenvalue weighted by atomic mass is 35.5. The number of hydrogen-bond donors (Lipinski definition) is 1. The summed E-state index contributed by atoms with van der Waals surface area (Å²) in [6.45, 7) is 4.82. The van der Waals surface area contributed by atoms with Gasteiger partial charge in [-0.15, -0.1) is 0 Å². The van der Waals surface area contributed by atoms with E-state index < -0.39 is 0 Å². The van der Waals surface area contributed by atoms with E-state index >= 15 is 0 Å². The molecule has 5 rings (SSSR count). The summed E-state index contributed by atoms with van der Waals surface area (Å²) in [5.41, 5.74) is 3.27. The first kappa shape index (κ1) is 13.0. The van der Waals surface area contributed by atoms with Crippen LogP contribution < -0.4 is 5.32 Å². The quantitative estimate of drug-likeness (QED) is 0.842. The van der Waals surface area contributed by atoms with Crippen molar-refractivity contribution < 1.29 is 0 Å². The average Bonchev–Trinajstić information content (AvgIpc) is 2.74. The lowest BCUT2D eigenvalue weighted by Crippen LogP contribution is -2.35. The van der Waals surface area contributed by atoms with Gasteiger partial charge in [-0.3, -0.25) is 0 Å². The molecular weight excluding hydrogens is 278 g/mol. The van der Waals surface area contributed by atoms with Crippen LogP contribution in [0.25, 0.3) is 0 Å². The Morgan fingerprint density at radius 2 is 1.86 bits per heavy atom. The van der Waals surface area contributed by atoms with E-state index in [1.165, 1.54) is 36.8 Å². The fourth-order valence-corrected chi connectivity index (χ4v) is 6.25. The minimum Gasteiger partial charge on any atom is -0.306 e. The molecule has 2 heteroatoms. The summed E-state index contributed by atoms with van der Waals surface area (Å²) in [5, 5.41) is 4.95. The standard InChI is InChI=1S/C19H24ClN/c1-19(2)9-12-5-6-13(20)8-14(12)18(19)21-17-15-10-3-4-11(7-10)16(15)17/h5-6,8,10-11,15-18,21H,3-4,7,9H2,1-2H3. The Kier molecular flexibility index (Phi) is 2.50. The lowest BCUT2D eigenvalue weighted by Gasteiger charge is -2.30. The molecule has 0 spiro atoms. The first-order valence-electron chi connectivity index (χ1n) is 8.59. The molecule has 1 nitrogen and oxygen atoms in total. The van der Waals surface area contributed by atoms with Crippen molar-refractivity contribution in [2.45, 2.75) is 51.6 Å². The molecule has 4 aliphatic carbocycles. The SMILES string of the molecule is CC1(C)Cc2ccc(Cl)cc2C1NC1C2C3CCC(C3)C12. The number of fused-ring (bicyclic) bond motifs is 6. The van der Waals surface area contributed by atoms with E-state index in [-0.39, 0.29) is 0 Å². The van der Waals surface area contributed by atoms with Crippen molar-refractivity contribution >= 4 is 11.6 Å². The van der Waals surface area contributed by atoms with Gasteiger partial charge in [0.25, 0.3) is 0 Å². The number of hydrogen-bond acceptors (Lipinski definition) is 1. The summed E-state index contributed by atoms with van der Waals surface area (Å²) in [6, 6.07) is 7.77. The number of halogens is 1. The van der Waals surface area contributed by atoms with Gasteiger partial charge in [-0.25, -0.2) is 0 Å². The van der Waals surface area contributed by atoms with Gasteiger partial charge in [0, 0.05) is 17.1 Å². The van der Waals surface area contributed by atoms with Crippen LogP contribution in [0, 0.1) is 29.1 Å². The van der Waals surface area contributed by atoms with Gasteiger partial charge in [0.2, 0.25) is 0 Å². The van der Waals surface area contributed by atoms with Crippen molar-refractivity contribution in [1.29, 1.82) is 0 Å². The molecule has 0 heterocycles. The topological polar surface area (TPSA) is 12.0 Å². The molecule has 3 fully saturated rings. The Labute approximate surface area is 132 Å². The predicted octanol–water partition coefficient (Wildman–Crippen LogP) is 4.60. The van der Waals surface area contributed by atoms with Crippen molar-refractivity contribution in [2.24, 2.45) is 29.1 Å². The summed E-state index contributed by atoms with van der Waals surface area (Å²) in [4.78, 5) is 0. The average molecular weight is 302 g/mol. The van der Waals surface area contributed by atoms with Crippen molar-refractivity contribution in [2.75, 3.05) is 0 Å². The molecule has 2 bridgehead atoms. The van der Waals surface area contributed by atoms with Crippen molar-refractivity contribution in [3.8, 4) is 0 Å². The van der Waals surface area contributed by atoms with E-state index in [9.17, 15) is 0 Å². The van der Waals surface area contributed by atoms with E-state index in [4.69, 9.17) is 11.6 Å². The Hall–Kier alpha value is -0.530. The van der Waals surface area contributed by atoms with E-state index in [0.717, 1.165) is 34.7 Å². The van der Waals surface area contributed by atoms with E-state index in [1.807, 2.05) is 6.07 Å². The minimum atomic E-state index is 0.308. The molecule has 5 atom stereocenters. The maximum Gasteiger partial charge on any atom is 0.0409 e. The van der Waals surface area contributed by atoms with Gasteiger partial charge in [-0.2, -0.15) is 0 Å². The molecule has 5 unspecified atom stereocenters. The summed E-state index contributed by atoms with van der Waals surface area (Å²) in [6.07, 6.45) is 5.71. The predicted molar refractivity (Wildman–Crippen MR) is 86.4 cm³/mol. The van der Waals surface area contributed by atoms with Crippen LogP contribution in [-0.4, -0.2) is 6.04 Å². The first-order chi connectivity index (χ1) is 10.0. The second-order valence-electron chi connectivity index (χ2n) is 8.62. The largest absolute Gasteiger partial charge is 0.306 e. The third-order valence-corrected chi connectivity index (χ3v) is 7.18. The van der Waals surface area contributed by atoms with Gasteiger partial charge in [0.15, 0.2) is 0 Å². The smallest absolute Gasteiger partial charge is 0.0409 e. The number of rotatable bonds is 2. The lowest BCUT2D eigenvalue weighted by atomic mass is 9.85. The Morgan fingerprint density at radius 1 is 1.14 bits per heavy atom. The molecule has 0 aliphatic heterocycles. The van der Waals surface area contributed by atoms with Crippen molar-refractivity contribution in [1.82, 2.24) is 5.32 Å². The first-order valence-corrected chi connectivity index (χ1v) is 8.97. The van der Waals surface area contributed by atoms with Gasteiger partial charge in [0.1, 0.15) is 0 Å². The molecule has 1 aromatic carbocycles. The van der Waals surface area contributed by atoms with Gasteiger partial charge in [-0.05, 0) is 78.0 Å². The summed E-state index contributed by atoms with van der Waals surface area (Å²) >= 11 is 6.26. The zero-order valence-electron chi connectivity index (χ0n) is 12.9. The van der Waals surface area contributed by atoms with E-state index in [1.54, 1.807) is 0 Å². The fraction of sp³-hybridized carbons (Fsp3) is 0.684. The minimum absolute atomic E-state index is 0.308. The Balaban J connectivity index is 1.43. The van der Waals surface area contributed by atoms with Crippen LogP contribution in [0.3, 0.4) is 0 Å². The van der Waals surface area contributed by atoms with Crippen LogP contribution in [0.1, 0.15) is 50.3 Å². The molecule has 1 aromatic rings. The van der Waals surface area contributed by atoms with Crippen LogP contribution in [-0.2, 0) is 6.42 Å². The van der Waals surface area contributed by atoms with Gasteiger partial charge >= 0.3 is 0 Å². The van der Waals surface area contributed by atoms with Gasteiger partial charge < -0.3 is 5.32 Å². The molecule has 112 valence electrons. The van der Waals surface area contributed by atoms with Crippen molar-refractivity contribution in [3.63, 3.8) is 0 Å². The molecule has 0 saturated heterocycles. The van der Waals surface area contributed by atoms with Crippen LogP contribution in [0.4, 0.5) is 0 Å². The highest BCUT2D eigenvalue weighted by molar-refractivity contribution is 6.30. The lowest BCUT2D eigenvalue weighted by molar-refractivity contribution is 0.254. The molecule has 1 N–H and O–H groups in total. The Bertz CT molecular complexity index is 592. The molecule has 0 amide bonds. The van der Waals surface area contributed by atoms with Gasteiger partial charge in [-0.1, -0.05) is 31.5 Å². The van der Waals surface area contributed by atoms with E-state index in [2.05, 4.69) is 31.3 Å². The molecule has 4 aliphatic rings. The zero-order chi connectivity index (χ0) is 14.4. The number of nitrogens with one attached hydrogen (secondary N) is 1. The third-order valence-electron chi connectivity index (χ3n) is 6.94. The summed E-state index contributed by atoms with van der Waals surface area (Å²) < 4.78 is 0. The molecule has 0 radical (unpaired) electrons. The monoisotopic (exact) mass is 301 g/mol. The third kappa shape index (κ3) is 1.74. The van der Waals surface area contributed by atoms with Crippen LogP contribution in [0.15, 0.2) is 18.2 Å². The highest BCUT2D eigenvalue weighted by Gasteiger charge is 2.65. The fourth-order valence-electron chi connectivity index (χ4n) is 6.07. The molecule has 21 heavy (non-hydrogen) atoms. The highest BCUT2D eigenvalue weighted by Crippen LogP contribution is 2.66. The maximum absolute atomic E-state index is 6.26. The Morgan fingerprint density at radius 3 is 2.57 bits per heavy atom. The maximum atomic E-state index is 6.26. The van der Waals surface area contributed by atoms with E-state index in [0.29, 0.717) is 11.5 Å². The second kappa shape index (κ2) is 4.06.